The van der Waals surface area contributed by atoms with Gasteiger partial charge in [0.05, 0.1) is 0 Å². The normalized spacial score (nSPS) is 13.0. The van der Waals surface area contributed by atoms with E-state index in [2.05, 4.69) is 41.2 Å². The Labute approximate surface area is 147 Å². The fraction of sp³-hybridized carbons (Fsp3) is 0.286. The van der Waals surface area contributed by atoms with Crippen molar-refractivity contribution in [3.05, 3.63) is 59.8 Å². The minimum Gasteiger partial charge on any atom is -0.484 e. The van der Waals surface area contributed by atoms with Crippen LogP contribution in [-0.4, -0.2) is 17.1 Å². The van der Waals surface area contributed by atoms with Gasteiger partial charge in [0.25, 0.3) is 5.91 Å². The van der Waals surface area contributed by atoms with Crippen molar-refractivity contribution in [1.29, 1.82) is 0 Å². The molecule has 128 valence electrons. The summed E-state index contributed by atoms with van der Waals surface area (Å²) in [7, 11) is 0. The Morgan fingerprint density at radius 2 is 2.00 bits per heavy atom. The molecule has 1 aromatic heterocycles. The molecule has 0 unspecified atom stereocenters. The second-order valence-corrected chi connectivity index (χ2v) is 6.50. The maximum Gasteiger partial charge on any atom is 0.262 e. The summed E-state index contributed by atoms with van der Waals surface area (Å²) in [6, 6.07) is 14.2. The predicted octanol–water partition coefficient (Wildman–Crippen LogP) is 4.17. The summed E-state index contributed by atoms with van der Waals surface area (Å²) in [4.78, 5) is 12.2. The number of nitrogens with zero attached hydrogens (tertiary/aromatic N) is 1. The predicted molar refractivity (Wildman–Crippen MR) is 100 cm³/mol. The van der Waals surface area contributed by atoms with Gasteiger partial charge in [0, 0.05) is 29.3 Å². The minimum atomic E-state index is -0.144. The van der Waals surface area contributed by atoms with Gasteiger partial charge in [-0.05, 0) is 73.7 Å². The quantitative estimate of drug-likeness (QED) is 0.761. The van der Waals surface area contributed by atoms with Crippen LogP contribution in [0.1, 0.15) is 24.5 Å². The lowest BCUT2D eigenvalue weighted by Crippen LogP contribution is -2.20. The summed E-state index contributed by atoms with van der Waals surface area (Å²) >= 11 is 0. The van der Waals surface area contributed by atoms with Crippen molar-refractivity contribution < 1.29 is 9.53 Å². The van der Waals surface area contributed by atoms with Crippen LogP contribution in [0.3, 0.4) is 0 Å². The molecule has 1 N–H and O–H groups in total. The van der Waals surface area contributed by atoms with Crippen molar-refractivity contribution in [2.45, 2.75) is 32.7 Å². The number of aromatic nitrogens is 1. The van der Waals surface area contributed by atoms with E-state index in [1.807, 2.05) is 24.3 Å². The highest BCUT2D eigenvalue weighted by molar-refractivity contribution is 5.94. The zero-order valence-electron chi connectivity index (χ0n) is 14.4. The molecular weight excluding hydrogens is 312 g/mol. The van der Waals surface area contributed by atoms with Crippen LogP contribution in [-0.2, 0) is 24.2 Å². The molecule has 1 aliphatic carbocycles. The third kappa shape index (κ3) is 3.25. The summed E-state index contributed by atoms with van der Waals surface area (Å²) in [6.07, 6.45) is 5.53. The van der Waals surface area contributed by atoms with Crippen molar-refractivity contribution in [2.75, 3.05) is 11.9 Å². The average molecular weight is 334 g/mol. The highest BCUT2D eigenvalue weighted by atomic mass is 16.5. The Kier molecular flexibility index (Phi) is 4.18. The number of hydrogen-bond acceptors (Lipinski definition) is 2. The topological polar surface area (TPSA) is 43.3 Å². The van der Waals surface area contributed by atoms with E-state index in [9.17, 15) is 4.79 Å². The smallest absolute Gasteiger partial charge is 0.262 e. The van der Waals surface area contributed by atoms with E-state index >= 15 is 0 Å². The molecule has 4 nitrogen and oxygen atoms in total. The van der Waals surface area contributed by atoms with Crippen LogP contribution < -0.4 is 10.1 Å². The number of ether oxygens (including phenoxy) is 1. The molecule has 4 heteroatoms. The van der Waals surface area contributed by atoms with E-state index in [1.54, 1.807) is 0 Å². The second-order valence-electron chi connectivity index (χ2n) is 6.50. The number of carbonyl (C=O) groups excluding carboxylic acids is 1. The van der Waals surface area contributed by atoms with Gasteiger partial charge in [-0.25, -0.2) is 0 Å². The second kappa shape index (κ2) is 6.63. The number of rotatable bonds is 5. The van der Waals surface area contributed by atoms with Crippen LogP contribution >= 0.6 is 0 Å². The number of amides is 1. The molecule has 1 aliphatic rings. The van der Waals surface area contributed by atoms with Crippen molar-refractivity contribution in [2.24, 2.45) is 0 Å². The van der Waals surface area contributed by atoms with Gasteiger partial charge in [0.2, 0.25) is 0 Å². The molecule has 0 saturated heterocycles. The summed E-state index contributed by atoms with van der Waals surface area (Å²) < 4.78 is 7.84. The Balaban J connectivity index is 1.38. The fourth-order valence-corrected chi connectivity index (χ4v) is 3.54. The maximum atomic E-state index is 12.2. The molecule has 0 radical (unpaired) electrons. The van der Waals surface area contributed by atoms with E-state index in [0.29, 0.717) is 0 Å². The number of aryl methyl sites for hydroxylation is 3. The first-order chi connectivity index (χ1) is 12.2. The van der Waals surface area contributed by atoms with Gasteiger partial charge in [-0.3, -0.25) is 4.79 Å². The van der Waals surface area contributed by atoms with Crippen LogP contribution in [0.2, 0.25) is 0 Å². The Bertz CT molecular complexity index is 927. The average Bonchev–Trinajstić information content (AvgIpc) is 3.25. The van der Waals surface area contributed by atoms with Gasteiger partial charge in [0.1, 0.15) is 5.75 Å². The van der Waals surface area contributed by atoms with Crippen molar-refractivity contribution in [1.82, 2.24) is 4.57 Å². The number of hydrogen-bond donors (Lipinski definition) is 1. The first-order valence-corrected chi connectivity index (χ1v) is 8.86. The molecular formula is C21H22N2O2. The van der Waals surface area contributed by atoms with Crippen molar-refractivity contribution >= 4 is 22.5 Å². The van der Waals surface area contributed by atoms with Gasteiger partial charge in [-0.15, -0.1) is 0 Å². The first kappa shape index (κ1) is 15.8. The molecule has 25 heavy (non-hydrogen) atoms. The largest absolute Gasteiger partial charge is 0.484 e. The van der Waals surface area contributed by atoms with Crippen LogP contribution in [0.25, 0.3) is 10.9 Å². The van der Waals surface area contributed by atoms with E-state index in [4.69, 9.17) is 4.74 Å². The summed E-state index contributed by atoms with van der Waals surface area (Å²) in [5, 5.41) is 4.03. The molecule has 3 aromatic rings. The SMILES string of the molecule is CCn1ccc2cc(NC(=O)COc3ccc4c(c3)CCC4)ccc21. The first-order valence-electron chi connectivity index (χ1n) is 8.86. The lowest BCUT2D eigenvalue weighted by molar-refractivity contribution is -0.118. The van der Waals surface area contributed by atoms with Gasteiger partial charge >= 0.3 is 0 Å². The molecule has 4 rings (SSSR count). The number of nitrogens with one attached hydrogen (secondary N) is 1. The zero-order valence-corrected chi connectivity index (χ0v) is 14.4. The molecule has 1 amide bonds. The van der Waals surface area contributed by atoms with Gasteiger partial charge in [0.15, 0.2) is 6.61 Å². The van der Waals surface area contributed by atoms with Crippen LogP contribution in [0, 0.1) is 0 Å². The molecule has 0 aliphatic heterocycles. The third-order valence-electron chi connectivity index (χ3n) is 4.84. The van der Waals surface area contributed by atoms with Crippen LogP contribution in [0.4, 0.5) is 5.69 Å². The Morgan fingerprint density at radius 1 is 1.12 bits per heavy atom. The van der Waals surface area contributed by atoms with E-state index < -0.39 is 0 Å². The molecule has 1 heterocycles. The Morgan fingerprint density at radius 3 is 2.88 bits per heavy atom. The molecule has 0 saturated carbocycles. The highest BCUT2D eigenvalue weighted by Gasteiger charge is 2.12. The third-order valence-corrected chi connectivity index (χ3v) is 4.84. The van der Waals surface area contributed by atoms with E-state index in [-0.39, 0.29) is 12.5 Å². The van der Waals surface area contributed by atoms with Crippen LogP contribution in [0.15, 0.2) is 48.7 Å². The molecule has 0 atom stereocenters. The van der Waals surface area contributed by atoms with E-state index in [0.717, 1.165) is 36.2 Å². The molecule has 0 bridgehead atoms. The van der Waals surface area contributed by atoms with E-state index in [1.165, 1.54) is 23.1 Å². The summed E-state index contributed by atoms with van der Waals surface area (Å²) in [5.41, 5.74) is 4.73. The van der Waals surface area contributed by atoms with Crippen LogP contribution in [0.5, 0.6) is 5.75 Å². The maximum absolute atomic E-state index is 12.2. The molecule has 0 fully saturated rings. The lowest BCUT2D eigenvalue weighted by Gasteiger charge is -2.09. The number of anilines is 1. The summed E-state index contributed by atoms with van der Waals surface area (Å²) in [5.74, 6) is 0.626. The fourth-order valence-electron chi connectivity index (χ4n) is 3.54. The van der Waals surface area contributed by atoms with Crippen molar-refractivity contribution in [3.8, 4) is 5.75 Å². The molecule has 2 aromatic carbocycles. The van der Waals surface area contributed by atoms with Crippen molar-refractivity contribution in [3.63, 3.8) is 0 Å². The highest BCUT2D eigenvalue weighted by Crippen LogP contribution is 2.26. The monoisotopic (exact) mass is 334 g/mol. The number of fused-ring (bicyclic) bond motifs is 2. The lowest BCUT2D eigenvalue weighted by atomic mass is 10.1. The standard InChI is InChI=1S/C21H22N2O2/c1-2-23-11-10-17-12-18(7-9-20(17)23)22-21(24)14-25-19-8-6-15-4-3-5-16(15)13-19/h6-13H,2-5,14H2,1H3,(H,22,24). The Hall–Kier alpha value is -2.75. The number of carbonyl (C=O) groups is 1. The van der Waals surface area contributed by atoms with Gasteiger partial charge in [-0.2, -0.15) is 0 Å². The zero-order chi connectivity index (χ0) is 17.2. The van der Waals surface area contributed by atoms with Gasteiger partial charge in [-0.1, -0.05) is 6.07 Å². The summed E-state index contributed by atoms with van der Waals surface area (Å²) in [6.45, 7) is 3.07. The number of benzene rings is 2. The molecule has 0 spiro atoms. The van der Waals surface area contributed by atoms with Gasteiger partial charge < -0.3 is 14.6 Å². The minimum absolute atomic E-state index is 0.0206.